The first-order valence-corrected chi connectivity index (χ1v) is 9.36. The van der Waals surface area contributed by atoms with Crippen LogP contribution in [0.3, 0.4) is 0 Å². The maximum Gasteiger partial charge on any atom is 0.258 e. The van der Waals surface area contributed by atoms with E-state index in [0.717, 1.165) is 42.0 Å². The van der Waals surface area contributed by atoms with Crippen LogP contribution >= 0.6 is 0 Å². The molecular formula is C22H24N2O3. The van der Waals surface area contributed by atoms with E-state index in [1.54, 1.807) is 13.2 Å². The number of hydrogen-bond acceptors (Lipinski definition) is 3. The van der Waals surface area contributed by atoms with Crippen molar-refractivity contribution in [2.24, 2.45) is 0 Å². The van der Waals surface area contributed by atoms with Crippen LogP contribution in [0.25, 0.3) is 0 Å². The third-order valence-electron chi connectivity index (χ3n) is 5.66. The molecule has 1 N–H and O–H groups in total. The average molecular weight is 364 g/mol. The fourth-order valence-corrected chi connectivity index (χ4v) is 3.91. The fourth-order valence-electron chi connectivity index (χ4n) is 3.91. The molecule has 0 bridgehead atoms. The molecule has 2 amide bonds. The van der Waals surface area contributed by atoms with Crippen LogP contribution in [0.1, 0.15) is 48.2 Å². The standard InChI is InChI=1S/C22H24N2O3/c1-22(2)17-12-15(8-10-18(17)23-21(22)26)20(25)24-11-5-4-6-14-7-9-16(27-3)13-19(14)24/h7-10,12-13H,4-6,11H2,1-3H3,(H,23,26). The van der Waals surface area contributed by atoms with Crippen LogP contribution < -0.4 is 15.0 Å². The van der Waals surface area contributed by atoms with Gasteiger partial charge in [0.15, 0.2) is 0 Å². The van der Waals surface area contributed by atoms with E-state index in [-0.39, 0.29) is 11.8 Å². The maximum atomic E-state index is 13.4. The van der Waals surface area contributed by atoms with Gasteiger partial charge in [-0.3, -0.25) is 9.59 Å². The molecule has 4 rings (SSSR count). The summed E-state index contributed by atoms with van der Waals surface area (Å²) in [6.07, 6.45) is 2.97. The maximum absolute atomic E-state index is 13.4. The van der Waals surface area contributed by atoms with Gasteiger partial charge in [0.2, 0.25) is 5.91 Å². The first kappa shape index (κ1) is 17.6. The molecule has 2 aromatic carbocycles. The topological polar surface area (TPSA) is 58.6 Å². The minimum atomic E-state index is -0.633. The molecule has 0 unspecified atom stereocenters. The Balaban J connectivity index is 1.74. The molecule has 140 valence electrons. The number of amides is 2. The summed E-state index contributed by atoms with van der Waals surface area (Å²) in [5.41, 5.74) is 3.73. The Bertz CT molecular complexity index is 933. The molecule has 0 fully saturated rings. The number of anilines is 2. The second-order valence-corrected chi connectivity index (χ2v) is 7.75. The molecule has 2 aliphatic heterocycles. The summed E-state index contributed by atoms with van der Waals surface area (Å²) in [6.45, 7) is 4.44. The molecule has 0 saturated heterocycles. The lowest BCUT2D eigenvalue weighted by Crippen LogP contribution is -2.32. The molecule has 0 aromatic heterocycles. The van der Waals surface area contributed by atoms with Crippen molar-refractivity contribution in [3.63, 3.8) is 0 Å². The third kappa shape index (κ3) is 2.87. The van der Waals surface area contributed by atoms with Crippen molar-refractivity contribution in [3.05, 3.63) is 53.1 Å². The number of nitrogens with zero attached hydrogens (tertiary/aromatic N) is 1. The van der Waals surface area contributed by atoms with Crippen LogP contribution in [0.5, 0.6) is 5.75 Å². The number of fused-ring (bicyclic) bond motifs is 2. The Kier molecular flexibility index (Phi) is 4.17. The predicted molar refractivity (Wildman–Crippen MR) is 106 cm³/mol. The Morgan fingerprint density at radius 1 is 1.15 bits per heavy atom. The van der Waals surface area contributed by atoms with Crippen LogP contribution in [-0.4, -0.2) is 25.5 Å². The largest absolute Gasteiger partial charge is 0.497 e. The van der Waals surface area contributed by atoms with Crippen molar-refractivity contribution in [1.82, 2.24) is 0 Å². The highest BCUT2D eigenvalue weighted by Gasteiger charge is 2.39. The second-order valence-electron chi connectivity index (χ2n) is 7.75. The summed E-state index contributed by atoms with van der Waals surface area (Å²) >= 11 is 0. The van der Waals surface area contributed by atoms with Gasteiger partial charge in [-0.05, 0) is 68.5 Å². The van der Waals surface area contributed by atoms with Gasteiger partial charge in [-0.15, -0.1) is 0 Å². The SMILES string of the molecule is COc1ccc2c(c1)N(C(=O)c1ccc3c(c1)C(C)(C)C(=O)N3)CCCC2. The summed E-state index contributed by atoms with van der Waals surface area (Å²) in [4.78, 5) is 27.4. The first-order valence-electron chi connectivity index (χ1n) is 9.36. The van der Waals surface area contributed by atoms with Gasteiger partial charge in [-0.1, -0.05) is 6.07 Å². The lowest BCUT2D eigenvalue weighted by atomic mass is 9.85. The van der Waals surface area contributed by atoms with Crippen LogP contribution in [0.4, 0.5) is 11.4 Å². The summed E-state index contributed by atoms with van der Waals surface area (Å²) in [6, 6.07) is 11.4. The summed E-state index contributed by atoms with van der Waals surface area (Å²) < 4.78 is 5.37. The number of nitrogens with one attached hydrogen (secondary N) is 1. The minimum Gasteiger partial charge on any atom is -0.497 e. The highest BCUT2D eigenvalue weighted by Crippen LogP contribution is 2.38. The van der Waals surface area contributed by atoms with E-state index in [2.05, 4.69) is 5.32 Å². The van der Waals surface area contributed by atoms with Gasteiger partial charge < -0.3 is 15.0 Å². The molecule has 0 radical (unpaired) electrons. The van der Waals surface area contributed by atoms with Gasteiger partial charge in [0.1, 0.15) is 5.75 Å². The lowest BCUT2D eigenvalue weighted by molar-refractivity contribution is -0.119. The average Bonchev–Trinajstić information content (AvgIpc) is 2.81. The van der Waals surface area contributed by atoms with Crippen molar-refractivity contribution in [2.45, 2.75) is 38.5 Å². The number of carbonyl (C=O) groups is 2. The smallest absolute Gasteiger partial charge is 0.258 e. The quantitative estimate of drug-likeness (QED) is 0.879. The molecule has 27 heavy (non-hydrogen) atoms. The molecule has 2 heterocycles. The molecule has 0 saturated carbocycles. The Morgan fingerprint density at radius 3 is 2.74 bits per heavy atom. The normalized spacial score (nSPS) is 17.6. The summed E-state index contributed by atoms with van der Waals surface area (Å²) in [5, 5.41) is 2.89. The van der Waals surface area contributed by atoms with Crippen molar-refractivity contribution in [2.75, 3.05) is 23.9 Å². The highest BCUT2D eigenvalue weighted by molar-refractivity contribution is 6.10. The third-order valence-corrected chi connectivity index (χ3v) is 5.66. The van der Waals surface area contributed by atoms with Gasteiger partial charge in [-0.2, -0.15) is 0 Å². The zero-order valence-electron chi connectivity index (χ0n) is 16.0. The van der Waals surface area contributed by atoms with Crippen LogP contribution in [-0.2, 0) is 16.6 Å². The molecule has 2 aromatic rings. The van der Waals surface area contributed by atoms with Crippen LogP contribution in [0, 0.1) is 0 Å². The van der Waals surface area contributed by atoms with Gasteiger partial charge in [-0.25, -0.2) is 0 Å². The Hall–Kier alpha value is -2.82. The van der Waals surface area contributed by atoms with Gasteiger partial charge in [0.05, 0.1) is 18.2 Å². The molecule has 5 nitrogen and oxygen atoms in total. The van der Waals surface area contributed by atoms with E-state index >= 15 is 0 Å². The van der Waals surface area contributed by atoms with Crippen molar-refractivity contribution in [1.29, 1.82) is 0 Å². The van der Waals surface area contributed by atoms with Crippen LogP contribution in [0.15, 0.2) is 36.4 Å². The molecule has 5 heteroatoms. The monoisotopic (exact) mass is 364 g/mol. The highest BCUT2D eigenvalue weighted by atomic mass is 16.5. The van der Waals surface area contributed by atoms with Gasteiger partial charge >= 0.3 is 0 Å². The summed E-state index contributed by atoms with van der Waals surface area (Å²) in [5.74, 6) is 0.676. The number of benzene rings is 2. The van der Waals surface area contributed by atoms with E-state index < -0.39 is 5.41 Å². The Labute approximate surface area is 159 Å². The number of carbonyl (C=O) groups excluding carboxylic acids is 2. The lowest BCUT2D eigenvalue weighted by Gasteiger charge is -2.24. The van der Waals surface area contributed by atoms with E-state index in [1.807, 2.05) is 49.1 Å². The zero-order valence-corrected chi connectivity index (χ0v) is 16.0. The number of aryl methyl sites for hydroxylation is 1. The predicted octanol–water partition coefficient (Wildman–Crippen LogP) is 3.91. The summed E-state index contributed by atoms with van der Waals surface area (Å²) in [7, 11) is 1.64. The second kappa shape index (κ2) is 6.41. The van der Waals surface area contributed by atoms with Gasteiger partial charge in [0.25, 0.3) is 5.91 Å². The van der Waals surface area contributed by atoms with E-state index in [0.29, 0.717) is 12.1 Å². The van der Waals surface area contributed by atoms with E-state index in [9.17, 15) is 9.59 Å². The minimum absolute atomic E-state index is 0.0352. The number of ether oxygens (including phenoxy) is 1. The molecule has 0 aliphatic carbocycles. The number of rotatable bonds is 2. The van der Waals surface area contributed by atoms with Crippen molar-refractivity contribution in [3.8, 4) is 5.75 Å². The van der Waals surface area contributed by atoms with E-state index in [1.165, 1.54) is 5.56 Å². The molecule has 0 atom stereocenters. The van der Waals surface area contributed by atoms with Crippen molar-refractivity contribution < 1.29 is 14.3 Å². The molecular weight excluding hydrogens is 340 g/mol. The van der Waals surface area contributed by atoms with E-state index in [4.69, 9.17) is 4.74 Å². The van der Waals surface area contributed by atoms with Crippen molar-refractivity contribution >= 4 is 23.2 Å². The molecule has 0 spiro atoms. The number of methoxy groups -OCH3 is 1. The number of hydrogen-bond donors (Lipinski definition) is 1. The molecule has 2 aliphatic rings. The van der Waals surface area contributed by atoms with Gasteiger partial charge in [0, 0.05) is 23.9 Å². The van der Waals surface area contributed by atoms with Crippen LogP contribution in [0.2, 0.25) is 0 Å². The zero-order chi connectivity index (χ0) is 19.2. The Morgan fingerprint density at radius 2 is 1.96 bits per heavy atom. The first-order chi connectivity index (χ1) is 12.9. The fraction of sp³-hybridized carbons (Fsp3) is 0.364.